The van der Waals surface area contributed by atoms with Crippen LogP contribution in [-0.2, 0) is 9.09 Å². The topological polar surface area (TPSA) is 72.8 Å². The molecule has 0 aliphatic rings. The Bertz CT molecular complexity index is 1130. The summed E-state index contributed by atoms with van der Waals surface area (Å²) in [4.78, 5) is 22.4. The number of hydrogen-bond donors (Lipinski definition) is 1. The molecule has 4 aromatic rings. The van der Waals surface area contributed by atoms with E-state index in [4.69, 9.17) is 9.05 Å². The van der Waals surface area contributed by atoms with Gasteiger partial charge in [0.2, 0.25) is 0 Å². The SMILES string of the molecule is O=C(OP(=O)(O)Oc1ccc2ccccc2c1)c1cc2ccccc2s1. The second kappa shape index (κ2) is 6.57. The number of fused-ring (bicyclic) bond motifs is 2. The van der Waals surface area contributed by atoms with Crippen LogP contribution in [0.1, 0.15) is 9.67 Å². The zero-order valence-electron chi connectivity index (χ0n) is 13.4. The fourth-order valence-electron chi connectivity index (χ4n) is 2.61. The predicted molar refractivity (Wildman–Crippen MR) is 102 cm³/mol. The number of carbonyl (C=O) groups excluding carboxylic acids is 1. The van der Waals surface area contributed by atoms with Crippen molar-refractivity contribution in [1.29, 1.82) is 0 Å². The smallest absolute Gasteiger partial charge is 0.395 e. The molecule has 0 bridgehead atoms. The van der Waals surface area contributed by atoms with Crippen molar-refractivity contribution in [2.24, 2.45) is 0 Å². The minimum absolute atomic E-state index is 0.152. The first-order valence-electron chi connectivity index (χ1n) is 7.74. The van der Waals surface area contributed by atoms with Gasteiger partial charge in [-0.15, -0.1) is 11.3 Å². The molecular weight excluding hydrogens is 371 g/mol. The molecular formula is C19H13O5PS. The lowest BCUT2D eigenvalue weighted by molar-refractivity contribution is 0.0688. The Hall–Kier alpha value is -2.66. The molecule has 0 aliphatic carbocycles. The van der Waals surface area contributed by atoms with Crippen LogP contribution in [0.25, 0.3) is 20.9 Å². The zero-order chi connectivity index (χ0) is 18.1. The van der Waals surface area contributed by atoms with Crippen molar-refractivity contribution in [3.8, 4) is 5.75 Å². The largest absolute Gasteiger partial charge is 0.587 e. The fraction of sp³-hybridized carbons (Fsp3) is 0. The molecule has 0 saturated carbocycles. The first-order valence-corrected chi connectivity index (χ1v) is 10.1. The van der Waals surface area contributed by atoms with Gasteiger partial charge in [-0.1, -0.05) is 48.5 Å². The van der Waals surface area contributed by atoms with E-state index in [1.165, 1.54) is 11.3 Å². The van der Waals surface area contributed by atoms with Crippen molar-refractivity contribution < 1.29 is 23.3 Å². The van der Waals surface area contributed by atoms with Crippen LogP contribution in [0.2, 0.25) is 0 Å². The molecule has 0 amide bonds. The Morgan fingerprint density at radius 2 is 1.58 bits per heavy atom. The van der Waals surface area contributed by atoms with Gasteiger partial charge >= 0.3 is 13.8 Å². The second-order valence-electron chi connectivity index (χ2n) is 5.60. The van der Waals surface area contributed by atoms with Gasteiger partial charge in [0, 0.05) is 4.70 Å². The van der Waals surface area contributed by atoms with Gasteiger partial charge in [0.15, 0.2) is 0 Å². The van der Waals surface area contributed by atoms with E-state index in [9.17, 15) is 14.3 Å². The van der Waals surface area contributed by atoms with Crippen LogP contribution in [0.3, 0.4) is 0 Å². The van der Waals surface area contributed by atoms with E-state index in [2.05, 4.69) is 0 Å². The van der Waals surface area contributed by atoms with Crippen LogP contribution in [0.15, 0.2) is 72.8 Å². The van der Waals surface area contributed by atoms with Crippen molar-refractivity contribution >= 4 is 46.0 Å². The third kappa shape index (κ3) is 3.48. The zero-order valence-corrected chi connectivity index (χ0v) is 15.1. The molecule has 1 N–H and O–H groups in total. The maximum absolute atomic E-state index is 12.2. The number of thiophene rings is 1. The van der Waals surface area contributed by atoms with Crippen LogP contribution in [0, 0.1) is 0 Å². The summed E-state index contributed by atoms with van der Waals surface area (Å²) in [6, 6.07) is 21.5. The van der Waals surface area contributed by atoms with Crippen molar-refractivity contribution in [1.82, 2.24) is 0 Å². The van der Waals surface area contributed by atoms with E-state index in [0.29, 0.717) is 0 Å². The molecule has 1 atom stereocenters. The first-order chi connectivity index (χ1) is 12.5. The van der Waals surface area contributed by atoms with E-state index in [1.807, 2.05) is 48.5 Å². The van der Waals surface area contributed by atoms with Crippen LogP contribution < -0.4 is 4.52 Å². The summed E-state index contributed by atoms with van der Waals surface area (Å²) in [7, 11) is -4.60. The van der Waals surface area contributed by atoms with Crippen LogP contribution in [0.5, 0.6) is 5.75 Å². The summed E-state index contributed by atoms with van der Waals surface area (Å²) in [5.41, 5.74) is 0. The number of benzene rings is 3. The third-order valence-corrected chi connectivity index (χ3v) is 5.70. The Labute approximate surface area is 153 Å². The molecule has 0 fully saturated rings. The van der Waals surface area contributed by atoms with Gasteiger partial charge in [0.05, 0.1) is 0 Å². The quantitative estimate of drug-likeness (QED) is 0.478. The minimum atomic E-state index is -4.60. The monoisotopic (exact) mass is 384 g/mol. The van der Waals surface area contributed by atoms with Gasteiger partial charge < -0.3 is 9.05 Å². The lowest BCUT2D eigenvalue weighted by Crippen LogP contribution is -2.05. The molecule has 1 heterocycles. The average molecular weight is 384 g/mol. The molecule has 5 nitrogen and oxygen atoms in total. The van der Waals surface area contributed by atoms with Gasteiger partial charge in [-0.3, -0.25) is 4.89 Å². The number of hydrogen-bond acceptors (Lipinski definition) is 5. The van der Waals surface area contributed by atoms with Crippen LogP contribution in [-0.4, -0.2) is 10.9 Å². The van der Waals surface area contributed by atoms with E-state index in [0.717, 1.165) is 20.9 Å². The van der Waals surface area contributed by atoms with E-state index in [1.54, 1.807) is 24.3 Å². The molecule has 1 aromatic heterocycles. The molecule has 0 saturated heterocycles. The Kier molecular flexibility index (Phi) is 4.24. The Morgan fingerprint density at radius 1 is 0.885 bits per heavy atom. The van der Waals surface area contributed by atoms with E-state index < -0.39 is 13.8 Å². The number of carbonyl (C=O) groups is 1. The van der Waals surface area contributed by atoms with Crippen LogP contribution in [0.4, 0.5) is 0 Å². The summed E-state index contributed by atoms with van der Waals surface area (Å²) < 4.78 is 22.9. The van der Waals surface area contributed by atoms with Crippen molar-refractivity contribution in [2.45, 2.75) is 0 Å². The Balaban J connectivity index is 1.53. The second-order valence-corrected chi connectivity index (χ2v) is 7.98. The first kappa shape index (κ1) is 16.8. The third-order valence-electron chi connectivity index (χ3n) is 3.77. The summed E-state index contributed by atoms with van der Waals surface area (Å²) in [6.45, 7) is 0. The molecule has 0 radical (unpaired) electrons. The highest BCUT2D eigenvalue weighted by atomic mass is 32.1. The molecule has 0 spiro atoms. The highest BCUT2D eigenvalue weighted by Crippen LogP contribution is 2.45. The summed E-state index contributed by atoms with van der Waals surface area (Å²) in [5, 5.41) is 2.68. The summed E-state index contributed by atoms with van der Waals surface area (Å²) in [5.74, 6) is -0.739. The van der Waals surface area contributed by atoms with Gasteiger partial charge in [-0.05, 0) is 40.4 Å². The number of phosphoric acid groups is 1. The van der Waals surface area contributed by atoms with Gasteiger partial charge in [-0.25, -0.2) is 9.36 Å². The van der Waals surface area contributed by atoms with Gasteiger partial charge in [0.25, 0.3) is 0 Å². The van der Waals surface area contributed by atoms with Crippen molar-refractivity contribution in [3.05, 3.63) is 77.7 Å². The number of phosphoric ester groups is 1. The standard InChI is InChI=1S/C19H13O5PS/c20-19(18-12-15-7-3-4-8-17(15)26-18)24-25(21,22)23-16-10-9-13-5-1-2-6-14(13)11-16/h1-12H,(H,21,22). The minimum Gasteiger partial charge on any atom is -0.395 e. The maximum atomic E-state index is 12.2. The fourth-order valence-corrected chi connectivity index (χ4v) is 4.33. The average Bonchev–Trinajstić information content (AvgIpc) is 3.05. The molecule has 4 rings (SSSR count). The molecule has 130 valence electrons. The maximum Gasteiger partial charge on any atom is 0.587 e. The lowest BCUT2D eigenvalue weighted by Gasteiger charge is -2.12. The van der Waals surface area contributed by atoms with Gasteiger partial charge in [0.1, 0.15) is 10.6 Å². The highest BCUT2D eigenvalue weighted by Gasteiger charge is 2.29. The molecule has 26 heavy (non-hydrogen) atoms. The molecule has 7 heteroatoms. The predicted octanol–water partition coefficient (Wildman–Crippen LogP) is 5.39. The summed E-state index contributed by atoms with van der Waals surface area (Å²) in [6.07, 6.45) is 0. The van der Waals surface area contributed by atoms with Gasteiger partial charge in [-0.2, -0.15) is 0 Å². The van der Waals surface area contributed by atoms with Crippen LogP contribution >= 0.6 is 19.2 Å². The number of rotatable bonds is 4. The lowest BCUT2D eigenvalue weighted by atomic mass is 10.1. The van der Waals surface area contributed by atoms with Crippen molar-refractivity contribution in [3.63, 3.8) is 0 Å². The Morgan fingerprint density at radius 3 is 2.35 bits per heavy atom. The highest BCUT2D eigenvalue weighted by molar-refractivity contribution is 7.48. The normalized spacial score (nSPS) is 13.4. The van der Waals surface area contributed by atoms with E-state index in [-0.39, 0.29) is 10.6 Å². The molecule has 0 aliphatic heterocycles. The summed E-state index contributed by atoms with van der Waals surface area (Å²) >= 11 is 1.19. The molecule has 3 aromatic carbocycles. The van der Waals surface area contributed by atoms with Crippen molar-refractivity contribution in [2.75, 3.05) is 0 Å². The van der Waals surface area contributed by atoms with E-state index >= 15 is 0 Å². The molecule has 1 unspecified atom stereocenters.